The Hall–Kier alpha value is -3.16. The van der Waals surface area contributed by atoms with Crippen LogP contribution in [-0.2, 0) is 4.79 Å². The van der Waals surface area contributed by atoms with Gasteiger partial charge < -0.3 is 20.0 Å². The van der Waals surface area contributed by atoms with E-state index in [9.17, 15) is 14.4 Å². The van der Waals surface area contributed by atoms with Crippen molar-refractivity contribution in [2.75, 3.05) is 32.7 Å². The van der Waals surface area contributed by atoms with Gasteiger partial charge in [-0.25, -0.2) is 4.79 Å². The van der Waals surface area contributed by atoms with Gasteiger partial charge in [0.2, 0.25) is 5.91 Å². The number of carbonyl (C=O) groups excluding carboxylic acids is 3. The van der Waals surface area contributed by atoms with Crippen LogP contribution in [0.15, 0.2) is 36.5 Å². The van der Waals surface area contributed by atoms with Crippen molar-refractivity contribution in [1.82, 2.24) is 25.0 Å². The average Bonchev–Trinajstić information content (AvgIpc) is 2.89. The molecule has 184 valence electrons. The SMILES string of the molecule is O=C(NC1CCN(C(=O)N2C[C@H]3C[C@H](C2)[C@H]2CCCC(=O)N2C3)CC1)c1ccc2ncccc2c1. The zero-order valence-electron chi connectivity index (χ0n) is 20.1. The van der Waals surface area contributed by atoms with Crippen molar-refractivity contribution in [3.05, 3.63) is 42.1 Å². The molecule has 0 spiro atoms. The first-order valence-electron chi connectivity index (χ1n) is 13.0. The summed E-state index contributed by atoms with van der Waals surface area (Å²) in [5, 5.41) is 4.11. The molecule has 1 N–H and O–H groups in total. The van der Waals surface area contributed by atoms with Crippen molar-refractivity contribution in [3.8, 4) is 0 Å². The molecule has 0 radical (unpaired) electrons. The third-order valence-electron chi connectivity index (χ3n) is 8.42. The predicted molar refractivity (Wildman–Crippen MR) is 132 cm³/mol. The quantitative estimate of drug-likeness (QED) is 0.724. The molecule has 4 aliphatic rings. The van der Waals surface area contributed by atoms with E-state index in [1.54, 1.807) is 6.20 Å². The van der Waals surface area contributed by atoms with Crippen molar-refractivity contribution in [3.63, 3.8) is 0 Å². The van der Waals surface area contributed by atoms with Crippen molar-refractivity contribution in [2.24, 2.45) is 11.8 Å². The summed E-state index contributed by atoms with van der Waals surface area (Å²) in [7, 11) is 0. The maximum absolute atomic E-state index is 13.4. The molecule has 5 heterocycles. The predicted octanol–water partition coefficient (Wildman–Crippen LogP) is 2.88. The normalized spacial score (nSPS) is 27.0. The molecule has 2 aromatic rings. The molecule has 4 amide bonds. The number of hydrogen-bond donors (Lipinski definition) is 1. The number of carbonyl (C=O) groups is 3. The Kier molecular flexibility index (Phi) is 5.82. The van der Waals surface area contributed by atoms with Gasteiger partial charge in [0.15, 0.2) is 0 Å². The number of fused-ring (bicyclic) bond motifs is 5. The molecule has 0 saturated carbocycles. The van der Waals surface area contributed by atoms with Gasteiger partial charge in [-0.05, 0) is 68.2 Å². The molecule has 1 aromatic carbocycles. The fraction of sp³-hybridized carbons (Fsp3) is 0.556. The van der Waals surface area contributed by atoms with E-state index in [0.717, 1.165) is 62.6 Å². The Bertz CT molecular complexity index is 1140. The second-order valence-electron chi connectivity index (χ2n) is 10.7. The fourth-order valence-corrected chi connectivity index (χ4v) is 6.67. The van der Waals surface area contributed by atoms with Crippen LogP contribution in [0.3, 0.4) is 0 Å². The lowest BCUT2D eigenvalue weighted by Gasteiger charge is -2.53. The molecule has 0 aliphatic carbocycles. The summed E-state index contributed by atoms with van der Waals surface area (Å²) in [6, 6.07) is 9.92. The minimum atomic E-state index is -0.0732. The number of rotatable bonds is 2. The van der Waals surface area contributed by atoms with E-state index >= 15 is 0 Å². The van der Waals surface area contributed by atoms with Gasteiger partial charge in [0.25, 0.3) is 5.91 Å². The van der Waals surface area contributed by atoms with Crippen molar-refractivity contribution < 1.29 is 14.4 Å². The largest absolute Gasteiger partial charge is 0.349 e. The van der Waals surface area contributed by atoms with Crippen LogP contribution in [0.25, 0.3) is 10.9 Å². The van der Waals surface area contributed by atoms with Crippen molar-refractivity contribution in [2.45, 2.75) is 50.6 Å². The highest BCUT2D eigenvalue weighted by Crippen LogP contribution is 2.38. The maximum atomic E-state index is 13.4. The lowest BCUT2D eigenvalue weighted by molar-refractivity contribution is -0.144. The van der Waals surface area contributed by atoms with Gasteiger partial charge in [-0.2, -0.15) is 0 Å². The zero-order valence-corrected chi connectivity index (χ0v) is 20.1. The highest BCUT2D eigenvalue weighted by molar-refractivity contribution is 5.98. The number of piperidine rings is 4. The van der Waals surface area contributed by atoms with Gasteiger partial charge in [-0.3, -0.25) is 14.6 Å². The molecule has 8 heteroatoms. The van der Waals surface area contributed by atoms with E-state index in [0.29, 0.717) is 48.9 Å². The van der Waals surface area contributed by atoms with Crippen LogP contribution < -0.4 is 5.32 Å². The molecule has 2 bridgehead atoms. The van der Waals surface area contributed by atoms with E-state index in [1.165, 1.54) is 0 Å². The van der Waals surface area contributed by atoms with Gasteiger partial charge >= 0.3 is 6.03 Å². The Morgan fingerprint density at radius 3 is 2.71 bits per heavy atom. The van der Waals surface area contributed by atoms with E-state index in [2.05, 4.69) is 15.2 Å². The summed E-state index contributed by atoms with van der Waals surface area (Å²) in [5.74, 6) is 1.03. The lowest BCUT2D eigenvalue weighted by Crippen LogP contribution is -2.62. The molecule has 6 rings (SSSR count). The maximum Gasteiger partial charge on any atom is 0.320 e. The van der Waals surface area contributed by atoms with Crippen LogP contribution in [0.4, 0.5) is 4.79 Å². The Morgan fingerprint density at radius 2 is 1.86 bits per heavy atom. The molecule has 4 aliphatic heterocycles. The fourth-order valence-electron chi connectivity index (χ4n) is 6.67. The Balaban J connectivity index is 1.03. The summed E-state index contributed by atoms with van der Waals surface area (Å²) in [4.78, 5) is 49.0. The van der Waals surface area contributed by atoms with Gasteiger partial charge in [0.05, 0.1) is 5.52 Å². The summed E-state index contributed by atoms with van der Waals surface area (Å²) in [6.07, 6.45) is 7.14. The topological polar surface area (TPSA) is 85.8 Å². The summed E-state index contributed by atoms with van der Waals surface area (Å²) in [5.41, 5.74) is 1.51. The molecule has 35 heavy (non-hydrogen) atoms. The Morgan fingerprint density at radius 1 is 1.00 bits per heavy atom. The molecule has 4 fully saturated rings. The summed E-state index contributed by atoms with van der Waals surface area (Å²) >= 11 is 0. The third kappa shape index (κ3) is 4.34. The third-order valence-corrected chi connectivity index (χ3v) is 8.42. The smallest absolute Gasteiger partial charge is 0.320 e. The summed E-state index contributed by atoms with van der Waals surface area (Å²) < 4.78 is 0. The van der Waals surface area contributed by atoms with Crippen LogP contribution in [0.2, 0.25) is 0 Å². The molecular weight excluding hydrogens is 442 g/mol. The molecule has 0 unspecified atom stereocenters. The zero-order chi connectivity index (χ0) is 23.9. The van der Waals surface area contributed by atoms with Gasteiger partial charge in [0.1, 0.15) is 0 Å². The minimum absolute atomic E-state index is 0.0682. The van der Waals surface area contributed by atoms with Crippen molar-refractivity contribution >= 4 is 28.7 Å². The van der Waals surface area contributed by atoms with Crippen LogP contribution in [0.1, 0.15) is 48.9 Å². The Labute approximate surface area is 205 Å². The second kappa shape index (κ2) is 9.13. The first kappa shape index (κ1) is 22.3. The number of nitrogens with zero attached hydrogens (tertiary/aromatic N) is 4. The van der Waals surface area contributed by atoms with Crippen LogP contribution in [0.5, 0.6) is 0 Å². The summed E-state index contributed by atoms with van der Waals surface area (Å²) in [6.45, 7) is 3.63. The number of urea groups is 1. The van der Waals surface area contributed by atoms with Gasteiger partial charge in [-0.15, -0.1) is 0 Å². The van der Waals surface area contributed by atoms with E-state index in [-0.39, 0.29) is 18.0 Å². The molecular formula is C27H33N5O3. The number of benzene rings is 1. The van der Waals surface area contributed by atoms with Gasteiger partial charge in [0, 0.05) is 68.4 Å². The monoisotopic (exact) mass is 475 g/mol. The molecule has 1 aromatic heterocycles. The second-order valence-corrected chi connectivity index (χ2v) is 10.7. The van der Waals surface area contributed by atoms with Gasteiger partial charge in [-0.1, -0.05) is 6.07 Å². The van der Waals surface area contributed by atoms with Crippen molar-refractivity contribution in [1.29, 1.82) is 0 Å². The van der Waals surface area contributed by atoms with Crippen LogP contribution in [-0.4, -0.2) is 82.3 Å². The molecule has 8 nitrogen and oxygen atoms in total. The number of likely N-dealkylation sites (tertiary alicyclic amines) is 2. The number of aromatic nitrogens is 1. The first-order chi connectivity index (χ1) is 17.0. The first-order valence-corrected chi connectivity index (χ1v) is 13.0. The number of hydrogen-bond acceptors (Lipinski definition) is 4. The number of nitrogens with one attached hydrogen (secondary N) is 1. The van der Waals surface area contributed by atoms with Crippen LogP contribution >= 0.6 is 0 Å². The number of pyridine rings is 1. The van der Waals surface area contributed by atoms with E-state index < -0.39 is 0 Å². The van der Waals surface area contributed by atoms with E-state index in [1.807, 2.05) is 40.1 Å². The highest BCUT2D eigenvalue weighted by Gasteiger charge is 2.45. The highest BCUT2D eigenvalue weighted by atomic mass is 16.2. The van der Waals surface area contributed by atoms with Crippen LogP contribution in [0, 0.1) is 11.8 Å². The molecule has 4 saturated heterocycles. The average molecular weight is 476 g/mol. The number of amides is 4. The standard InChI is InChI=1S/C27H33N5O3/c33-25-5-1-4-24-21-13-18(16-32(24)25)15-31(17-21)27(35)30-11-8-22(9-12-30)29-26(34)20-6-7-23-19(14-20)3-2-10-28-23/h2-3,6-7,10,14,18,21-22,24H,1,4-5,8-9,11-13,15-17H2,(H,29,34)/t18-,21-,24-/m1/s1. The minimum Gasteiger partial charge on any atom is -0.349 e. The van der Waals surface area contributed by atoms with E-state index in [4.69, 9.17) is 0 Å². The lowest BCUT2D eigenvalue weighted by atomic mass is 9.76. The molecule has 3 atom stereocenters.